The quantitative estimate of drug-likeness (QED) is 0.735. The predicted molar refractivity (Wildman–Crippen MR) is 56.7 cm³/mol. The van der Waals surface area contributed by atoms with E-state index in [1.165, 1.54) is 0 Å². The number of amides is 1. The number of aromatic nitrogens is 2. The second kappa shape index (κ2) is 4.21. The first-order valence-electron chi connectivity index (χ1n) is 5.43. The number of nitrogens with two attached hydrogens (primary N) is 1. The SMILES string of the molecule is Cc1nc(C(=O)N2CCC(N)C(C)C2)no1. The Morgan fingerprint density at radius 1 is 1.62 bits per heavy atom. The van der Waals surface area contributed by atoms with Gasteiger partial charge in [0.25, 0.3) is 11.7 Å². The van der Waals surface area contributed by atoms with Gasteiger partial charge in [-0.1, -0.05) is 12.1 Å². The van der Waals surface area contributed by atoms with E-state index in [-0.39, 0.29) is 17.8 Å². The van der Waals surface area contributed by atoms with Crippen molar-refractivity contribution in [3.05, 3.63) is 11.7 Å². The molecule has 0 radical (unpaired) electrons. The van der Waals surface area contributed by atoms with Crippen molar-refractivity contribution in [3.8, 4) is 0 Å². The zero-order valence-corrected chi connectivity index (χ0v) is 9.51. The maximum Gasteiger partial charge on any atom is 0.295 e. The summed E-state index contributed by atoms with van der Waals surface area (Å²) in [5.74, 6) is 0.687. The molecule has 16 heavy (non-hydrogen) atoms. The molecular weight excluding hydrogens is 208 g/mol. The lowest BCUT2D eigenvalue weighted by molar-refractivity contribution is 0.0648. The molecule has 2 heterocycles. The van der Waals surface area contributed by atoms with Gasteiger partial charge in [-0.15, -0.1) is 0 Å². The molecule has 6 nitrogen and oxygen atoms in total. The fraction of sp³-hybridized carbons (Fsp3) is 0.700. The number of aryl methyl sites for hydroxylation is 1. The summed E-state index contributed by atoms with van der Waals surface area (Å²) in [7, 11) is 0. The normalized spacial score (nSPS) is 25.8. The van der Waals surface area contributed by atoms with Crippen molar-refractivity contribution in [2.24, 2.45) is 11.7 Å². The Bertz CT molecular complexity index is 390. The van der Waals surface area contributed by atoms with E-state index in [4.69, 9.17) is 10.3 Å². The Morgan fingerprint density at radius 2 is 2.38 bits per heavy atom. The van der Waals surface area contributed by atoms with Crippen molar-refractivity contribution in [1.82, 2.24) is 15.0 Å². The van der Waals surface area contributed by atoms with Crippen molar-refractivity contribution < 1.29 is 9.32 Å². The van der Waals surface area contributed by atoms with E-state index in [0.717, 1.165) is 6.42 Å². The molecule has 6 heteroatoms. The van der Waals surface area contributed by atoms with Crippen LogP contribution in [0.4, 0.5) is 0 Å². The first-order chi connectivity index (χ1) is 7.58. The molecule has 2 unspecified atom stereocenters. The Balaban J connectivity index is 2.06. The lowest BCUT2D eigenvalue weighted by Gasteiger charge is -2.34. The first kappa shape index (κ1) is 11.1. The van der Waals surface area contributed by atoms with Crippen molar-refractivity contribution in [2.45, 2.75) is 26.3 Å². The first-order valence-corrected chi connectivity index (χ1v) is 5.43. The third kappa shape index (κ3) is 2.06. The van der Waals surface area contributed by atoms with Crippen molar-refractivity contribution in [1.29, 1.82) is 0 Å². The van der Waals surface area contributed by atoms with Gasteiger partial charge in [0.2, 0.25) is 5.89 Å². The molecule has 0 saturated carbocycles. The van der Waals surface area contributed by atoms with Gasteiger partial charge in [-0.3, -0.25) is 4.79 Å². The van der Waals surface area contributed by atoms with Crippen molar-refractivity contribution in [2.75, 3.05) is 13.1 Å². The molecule has 2 rings (SSSR count). The van der Waals surface area contributed by atoms with Crippen LogP contribution in [-0.4, -0.2) is 40.1 Å². The molecular formula is C10H16N4O2. The smallest absolute Gasteiger partial charge is 0.295 e. The highest BCUT2D eigenvalue weighted by atomic mass is 16.5. The summed E-state index contributed by atoms with van der Waals surface area (Å²) >= 11 is 0. The second-order valence-electron chi connectivity index (χ2n) is 4.32. The summed E-state index contributed by atoms with van der Waals surface area (Å²) in [5, 5.41) is 3.63. The van der Waals surface area contributed by atoms with Crippen molar-refractivity contribution >= 4 is 5.91 Å². The van der Waals surface area contributed by atoms with E-state index in [0.29, 0.717) is 24.9 Å². The standard InChI is InChI=1S/C10H16N4O2/c1-6-5-14(4-3-8(6)11)10(15)9-12-7(2)16-13-9/h6,8H,3-5,11H2,1-2H3. The number of carbonyl (C=O) groups is 1. The molecule has 88 valence electrons. The molecule has 0 spiro atoms. The lowest BCUT2D eigenvalue weighted by Crippen LogP contribution is -2.48. The molecule has 1 fully saturated rings. The molecule has 0 aliphatic carbocycles. The molecule has 2 N–H and O–H groups in total. The zero-order valence-electron chi connectivity index (χ0n) is 9.51. The van der Waals surface area contributed by atoms with Gasteiger partial charge < -0.3 is 15.2 Å². The molecule has 0 aromatic carbocycles. The average Bonchev–Trinajstić information content (AvgIpc) is 2.68. The number of hydrogen-bond donors (Lipinski definition) is 1. The summed E-state index contributed by atoms with van der Waals surface area (Å²) in [4.78, 5) is 17.6. The Morgan fingerprint density at radius 3 is 2.94 bits per heavy atom. The highest BCUT2D eigenvalue weighted by Crippen LogP contribution is 2.16. The van der Waals surface area contributed by atoms with Crippen LogP contribution >= 0.6 is 0 Å². The van der Waals surface area contributed by atoms with Crippen LogP contribution in [0.15, 0.2) is 4.52 Å². The monoisotopic (exact) mass is 224 g/mol. The predicted octanol–water partition coefficient (Wildman–Crippen LogP) is 0.187. The number of hydrogen-bond acceptors (Lipinski definition) is 5. The number of likely N-dealkylation sites (tertiary alicyclic amines) is 1. The second-order valence-corrected chi connectivity index (χ2v) is 4.32. The summed E-state index contributed by atoms with van der Waals surface area (Å²) < 4.78 is 4.79. The molecule has 0 bridgehead atoms. The van der Waals surface area contributed by atoms with Gasteiger partial charge >= 0.3 is 0 Å². The van der Waals surface area contributed by atoms with Gasteiger partial charge in [0, 0.05) is 26.1 Å². The van der Waals surface area contributed by atoms with Crippen LogP contribution in [-0.2, 0) is 0 Å². The molecule has 1 aliphatic heterocycles. The molecule has 1 aromatic rings. The van der Waals surface area contributed by atoms with Gasteiger partial charge in [-0.2, -0.15) is 4.98 Å². The fourth-order valence-electron chi connectivity index (χ4n) is 1.88. The number of rotatable bonds is 1. The number of piperidine rings is 1. The third-order valence-corrected chi connectivity index (χ3v) is 2.98. The summed E-state index contributed by atoms with van der Waals surface area (Å²) in [5.41, 5.74) is 5.90. The van der Waals surface area contributed by atoms with Gasteiger partial charge in [0.1, 0.15) is 0 Å². The van der Waals surface area contributed by atoms with Crippen LogP contribution in [0, 0.1) is 12.8 Å². The number of nitrogens with zero attached hydrogens (tertiary/aromatic N) is 3. The summed E-state index contributed by atoms with van der Waals surface area (Å²) in [6.07, 6.45) is 0.823. The van der Waals surface area contributed by atoms with Crippen LogP contribution in [0.3, 0.4) is 0 Å². The van der Waals surface area contributed by atoms with Crippen molar-refractivity contribution in [3.63, 3.8) is 0 Å². The molecule has 1 aromatic heterocycles. The maximum atomic E-state index is 12.0. The third-order valence-electron chi connectivity index (χ3n) is 2.98. The Labute approximate surface area is 93.8 Å². The van der Waals surface area contributed by atoms with E-state index in [2.05, 4.69) is 10.1 Å². The zero-order chi connectivity index (χ0) is 11.7. The average molecular weight is 224 g/mol. The van der Waals surface area contributed by atoms with E-state index >= 15 is 0 Å². The highest BCUT2D eigenvalue weighted by molar-refractivity contribution is 5.90. The van der Waals surface area contributed by atoms with Crippen LogP contribution in [0.2, 0.25) is 0 Å². The van der Waals surface area contributed by atoms with Crippen LogP contribution in [0.5, 0.6) is 0 Å². The van der Waals surface area contributed by atoms with Gasteiger partial charge in [0.15, 0.2) is 0 Å². The van der Waals surface area contributed by atoms with Crippen LogP contribution in [0.1, 0.15) is 29.9 Å². The van der Waals surface area contributed by atoms with Crippen LogP contribution < -0.4 is 5.73 Å². The summed E-state index contributed by atoms with van der Waals surface area (Å²) in [6.45, 7) is 5.04. The number of carbonyl (C=O) groups excluding carboxylic acids is 1. The van der Waals surface area contributed by atoms with E-state index in [9.17, 15) is 4.79 Å². The fourth-order valence-corrected chi connectivity index (χ4v) is 1.88. The minimum Gasteiger partial charge on any atom is -0.339 e. The summed E-state index contributed by atoms with van der Waals surface area (Å²) in [6, 6.07) is 0.177. The Hall–Kier alpha value is -1.43. The van der Waals surface area contributed by atoms with Gasteiger partial charge in [0.05, 0.1) is 0 Å². The van der Waals surface area contributed by atoms with E-state index < -0.39 is 0 Å². The molecule has 1 amide bonds. The minimum absolute atomic E-state index is 0.139. The van der Waals surface area contributed by atoms with Gasteiger partial charge in [-0.05, 0) is 12.3 Å². The molecule has 2 atom stereocenters. The highest BCUT2D eigenvalue weighted by Gasteiger charge is 2.28. The minimum atomic E-state index is -0.171. The topological polar surface area (TPSA) is 85.2 Å². The Kier molecular flexibility index (Phi) is 2.91. The molecule has 1 saturated heterocycles. The largest absolute Gasteiger partial charge is 0.339 e. The van der Waals surface area contributed by atoms with Crippen LogP contribution in [0.25, 0.3) is 0 Å². The molecule has 1 aliphatic rings. The van der Waals surface area contributed by atoms with E-state index in [1.54, 1.807) is 11.8 Å². The van der Waals surface area contributed by atoms with Gasteiger partial charge in [-0.25, -0.2) is 0 Å². The maximum absolute atomic E-state index is 12.0. The lowest BCUT2D eigenvalue weighted by atomic mass is 9.95. The van der Waals surface area contributed by atoms with E-state index in [1.807, 2.05) is 6.92 Å².